The Labute approximate surface area is 167 Å². The molecule has 4 rings (SSSR count). The van der Waals surface area contributed by atoms with Gasteiger partial charge in [0.25, 0.3) is 0 Å². The molecule has 0 unspecified atom stereocenters. The fourth-order valence-electron chi connectivity index (χ4n) is 3.35. The minimum Gasteiger partial charge on any atom is -0.310 e. The van der Waals surface area contributed by atoms with Gasteiger partial charge in [-0.3, -0.25) is 9.69 Å². The molecule has 1 amide bonds. The first-order valence-electron chi connectivity index (χ1n) is 8.85. The molecule has 0 aromatic carbocycles. The van der Waals surface area contributed by atoms with Crippen molar-refractivity contribution in [1.82, 2.24) is 19.3 Å². The summed E-state index contributed by atoms with van der Waals surface area (Å²) in [6.45, 7) is 2.49. The van der Waals surface area contributed by atoms with Gasteiger partial charge in [-0.1, -0.05) is 23.2 Å². The standard InChI is InChI=1S/C19H19Cl2N5O/c20-14-1-3-17(22-9-14)24-19(27)13-5-7-25(8-6-13)11-16-12-26-10-15(21)2-4-18(26)23-16/h1-4,9-10,12-13H,5-8,11H2,(H,22,24,27). The molecule has 0 radical (unpaired) electrons. The fourth-order valence-corrected chi connectivity index (χ4v) is 3.63. The predicted molar refractivity (Wildman–Crippen MR) is 106 cm³/mol. The van der Waals surface area contributed by atoms with Gasteiger partial charge in [-0.15, -0.1) is 0 Å². The van der Waals surface area contributed by atoms with Crippen molar-refractivity contribution < 1.29 is 4.79 Å². The molecule has 0 bridgehead atoms. The molecule has 0 aliphatic carbocycles. The van der Waals surface area contributed by atoms with Crippen LogP contribution in [-0.2, 0) is 11.3 Å². The monoisotopic (exact) mass is 403 g/mol. The van der Waals surface area contributed by atoms with Crippen molar-refractivity contribution in [2.75, 3.05) is 18.4 Å². The van der Waals surface area contributed by atoms with E-state index in [2.05, 4.69) is 20.2 Å². The molecule has 1 saturated heterocycles. The lowest BCUT2D eigenvalue weighted by Crippen LogP contribution is -2.37. The average molecular weight is 404 g/mol. The van der Waals surface area contributed by atoms with E-state index in [1.807, 2.05) is 28.9 Å². The SMILES string of the molecule is O=C(Nc1ccc(Cl)cn1)C1CCN(Cc2cn3cc(Cl)ccc3n2)CC1. The Bertz CT molecular complexity index is 948. The third kappa shape index (κ3) is 4.40. The summed E-state index contributed by atoms with van der Waals surface area (Å²) in [7, 11) is 0. The molecule has 1 fully saturated rings. The quantitative estimate of drug-likeness (QED) is 0.717. The molecule has 1 aliphatic rings. The van der Waals surface area contributed by atoms with Crippen LogP contribution >= 0.6 is 23.2 Å². The highest BCUT2D eigenvalue weighted by Gasteiger charge is 2.25. The predicted octanol–water partition coefficient (Wildman–Crippen LogP) is 3.89. The van der Waals surface area contributed by atoms with Crippen molar-refractivity contribution in [2.45, 2.75) is 19.4 Å². The van der Waals surface area contributed by atoms with Crippen molar-refractivity contribution in [1.29, 1.82) is 0 Å². The van der Waals surface area contributed by atoms with Gasteiger partial charge in [-0.25, -0.2) is 9.97 Å². The number of nitrogens with one attached hydrogen (secondary N) is 1. The number of pyridine rings is 2. The van der Waals surface area contributed by atoms with Crippen LogP contribution < -0.4 is 5.32 Å². The number of likely N-dealkylation sites (tertiary alicyclic amines) is 1. The number of fused-ring (bicyclic) bond motifs is 1. The van der Waals surface area contributed by atoms with Gasteiger partial charge in [-0.05, 0) is 50.2 Å². The van der Waals surface area contributed by atoms with Crippen LogP contribution in [0.25, 0.3) is 5.65 Å². The second kappa shape index (κ2) is 7.84. The summed E-state index contributed by atoms with van der Waals surface area (Å²) in [5.74, 6) is 0.556. The third-order valence-corrected chi connectivity index (χ3v) is 5.23. The number of carbonyl (C=O) groups is 1. The number of rotatable bonds is 4. The number of imidazole rings is 1. The zero-order valence-electron chi connectivity index (χ0n) is 14.6. The first-order chi connectivity index (χ1) is 13.1. The number of aromatic nitrogens is 3. The van der Waals surface area contributed by atoms with E-state index in [0.29, 0.717) is 15.9 Å². The van der Waals surface area contributed by atoms with E-state index in [4.69, 9.17) is 23.2 Å². The molecule has 0 spiro atoms. The molecule has 3 aromatic heterocycles. The maximum absolute atomic E-state index is 12.4. The molecular formula is C19H19Cl2N5O. The highest BCUT2D eigenvalue weighted by atomic mass is 35.5. The van der Waals surface area contributed by atoms with Gasteiger partial charge in [-0.2, -0.15) is 0 Å². The Morgan fingerprint density at radius 1 is 1.11 bits per heavy atom. The summed E-state index contributed by atoms with van der Waals surface area (Å²) in [5.41, 5.74) is 1.89. The number of anilines is 1. The van der Waals surface area contributed by atoms with Crippen LogP contribution in [0, 0.1) is 5.92 Å². The molecular weight excluding hydrogens is 385 g/mol. The van der Waals surface area contributed by atoms with Gasteiger partial charge in [0.05, 0.1) is 15.7 Å². The molecule has 1 aliphatic heterocycles. The zero-order chi connectivity index (χ0) is 18.8. The van der Waals surface area contributed by atoms with Crippen molar-refractivity contribution in [3.8, 4) is 0 Å². The lowest BCUT2D eigenvalue weighted by atomic mass is 9.96. The van der Waals surface area contributed by atoms with Gasteiger partial charge in [0.1, 0.15) is 11.5 Å². The van der Waals surface area contributed by atoms with Crippen LogP contribution in [0.4, 0.5) is 5.82 Å². The second-order valence-electron chi connectivity index (χ2n) is 6.75. The lowest BCUT2D eigenvalue weighted by molar-refractivity contribution is -0.121. The largest absolute Gasteiger partial charge is 0.310 e. The minimum absolute atomic E-state index is 0.00129. The van der Waals surface area contributed by atoms with E-state index < -0.39 is 0 Å². The molecule has 1 N–H and O–H groups in total. The van der Waals surface area contributed by atoms with E-state index in [0.717, 1.165) is 43.8 Å². The van der Waals surface area contributed by atoms with E-state index in [-0.39, 0.29) is 11.8 Å². The molecule has 0 atom stereocenters. The number of hydrogen-bond donors (Lipinski definition) is 1. The Morgan fingerprint density at radius 2 is 1.89 bits per heavy atom. The Balaban J connectivity index is 1.31. The molecule has 27 heavy (non-hydrogen) atoms. The lowest BCUT2D eigenvalue weighted by Gasteiger charge is -2.30. The number of nitrogens with zero attached hydrogens (tertiary/aromatic N) is 4. The van der Waals surface area contributed by atoms with Crippen LogP contribution in [0.5, 0.6) is 0 Å². The van der Waals surface area contributed by atoms with Crippen LogP contribution in [-0.4, -0.2) is 38.3 Å². The highest BCUT2D eigenvalue weighted by molar-refractivity contribution is 6.30. The van der Waals surface area contributed by atoms with Crippen LogP contribution in [0.2, 0.25) is 10.0 Å². The van der Waals surface area contributed by atoms with Crippen molar-refractivity contribution in [3.05, 3.63) is 58.6 Å². The van der Waals surface area contributed by atoms with Crippen molar-refractivity contribution in [2.24, 2.45) is 5.92 Å². The second-order valence-corrected chi connectivity index (χ2v) is 7.62. The fraction of sp³-hybridized carbons (Fsp3) is 0.316. The normalized spacial score (nSPS) is 15.9. The first-order valence-corrected chi connectivity index (χ1v) is 9.60. The van der Waals surface area contributed by atoms with E-state index in [9.17, 15) is 4.79 Å². The Morgan fingerprint density at radius 3 is 2.63 bits per heavy atom. The molecule has 140 valence electrons. The van der Waals surface area contributed by atoms with E-state index in [1.165, 1.54) is 6.20 Å². The van der Waals surface area contributed by atoms with Crippen LogP contribution in [0.3, 0.4) is 0 Å². The van der Waals surface area contributed by atoms with Gasteiger partial charge in [0, 0.05) is 31.1 Å². The van der Waals surface area contributed by atoms with Gasteiger partial charge < -0.3 is 9.72 Å². The Kier molecular flexibility index (Phi) is 5.29. The summed E-state index contributed by atoms with van der Waals surface area (Å²) in [5, 5.41) is 4.11. The summed E-state index contributed by atoms with van der Waals surface area (Å²) < 4.78 is 1.94. The summed E-state index contributed by atoms with van der Waals surface area (Å²) in [6.07, 6.45) is 7.03. The molecule has 6 nitrogen and oxygen atoms in total. The number of carbonyl (C=O) groups excluding carboxylic acids is 1. The summed E-state index contributed by atoms with van der Waals surface area (Å²) >= 11 is 11.8. The zero-order valence-corrected chi connectivity index (χ0v) is 16.1. The van der Waals surface area contributed by atoms with E-state index >= 15 is 0 Å². The molecule has 4 heterocycles. The minimum atomic E-state index is -0.00129. The maximum atomic E-state index is 12.4. The van der Waals surface area contributed by atoms with Crippen molar-refractivity contribution >= 4 is 40.6 Å². The van der Waals surface area contributed by atoms with Crippen LogP contribution in [0.1, 0.15) is 18.5 Å². The molecule has 8 heteroatoms. The maximum Gasteiger partial charge on any atom is 0.228 e. The number of piperidine rings is 1. The third-order valence-electron chi connectivity index (χ3n) is 4.79. The number of halogens is 2. The number of amides is 1. The highest BCUT2D eigenvalue weighted by Crippen LogP contribution is 2.21. The summed E-state index contributed by atoms with van der Waals surface area (Å²) in [4.78, 5) is 23.5. The first kappa shape index (κ1) is 18.2. The molecule has 3 aromatic rings. The smallest absolute Gasteiger partial charge is 0.228 e. The van der Waals surface area contributed by atoms with Gasteiger partial charge in [0.15, 0.2) is 0 Å². The summed E-state index contributed by atoms with van der Waals surface area (Å²) in [6, 6.07) is 7.18. The van der Waals surface area contributed by atoms with Crippen LogP contribution in [0.15, 0.2) is 42.9 Å². The molecule has 0 saturated carbocycles. The van der Waals surface area contributed by atoms with E-state index in [1.54, 1.807) is 12.1 Å². The van der Waals surface area contributed by atoms with Crippen molar-refractivity contribution in [3.63, 3.8) is 0 Å². The topological polar surface area (TPSA) is 62.5 Å². The van der Waals surface area contributed by atoms with Gasteiger partial charge >= 0.3 is 0 Å². The average Bonchev–Trinajstić information content (AvgIpc) is 3.05. The Hall–Kier alpha value is -2.15. The number of hydrogen-bond acceptors (Lipinski definition) is 4. The van der Waals surface area contributed by atoms with Gasteiger partial charge in [0.2, 0.25) is 5.91 Å².